The maximum atomic E-state index is 13.5. The number of carbonyl (C=O) groups excluding carboxylic acids is 2. The van der Waals surface area contributed by atoms with Crippen molar-refractivity contribution in [3.05, 3.63) is 60.8 Å². The molecule has 0 aromatic carbocycles. The molecule has 11 nitrogen and oxygen atoms in total. The average Bonchev–Trinajstić information content (AvgIpc) is 3.58. The third kappa shape index (κ3) is 47.2. The Kier molecular flexibility index (Phi) is 56.4. The van der Waals surface area contributed by atoms with Gasteiger partial charge in [-0.25, -0.2) is 0 Å². The van der Waals surface area contributed by atoms with E-state index >= 15 is 0 Å². The van der Waals surface area contributed by atoms with Crippen LogP contribution in [0.3, 0.4) is 0 Å². The van der Waals surface area contributed by atoms with Gasteiger partial charge in [0.15, 0.2) is 12.4 Å². The first-order valence-electron chi connectivity index (χ1n) is 35.1. The lowest BCUT2D eigenvalue weighted by molar-refractivity contribution is -0.305. The molecule has 0 radical (unpaired) electrons. The molecule has 0 aromatic heterocycles. The molecular formula is C72H131NO10. The summed E-state index contributed by atoms with van der Waals surface area (Å²) >= 11 is 0. The molecule has 8 unspecified atom stereocenters. The predicted octanol–water partition coefficient (Wildman–Crippen LogP) is 17.7. The Morgan fingerprint density at radius 3 is 1.25 bits per heavy atom. The molecule has 0 aromatic rings. The van der Waals surface area contributed by atoms with Gasteiger partial charge in [-0.05, 0) is 89.9 Å². The van der Waals surface area contributed by atoms with E-state index in [1.165, 1.54) is 199 Å². The molecule has 1 rings (SSSR count). The Labute approximate surface area is 509 Å². The van der Waals surface area contributed by atoms with Gasteiger partial charge in [-0.15, -0.1) is 0 Å². The summed E-state index contributed by atoms with van der Waals surface area (Å²) < 4.78 is 17.7. The fourth-order valence-corrected chi connectivity index (χ4v) is 10.8. The minimum Gasteiger partial charge on any atom is -0.454 e. The van der Waals surface area contributed by atoms with E-state index in [2.05, 4.69) is 74.7 Å². The van der Waals surface area contributed by atoms with Crippen LogP contribution in [0.4, 0.5) is 0 Å². The molecule has 1 fully saturated rings. The number of aliphatic hydroxyl groups excluding tert-OH is 5. The van der Waals surface area contributed by atoms with Crippen molar-refractivity contribution < 1.29 is 49.3 Å². The minimum absolute atomic E-state index is 0.121. The van der Waals surface area contributed by atoms with Crippen LogP contribution in [-0.2, 0) is 23.8 Å². The average molecular weight is 1170 g/mol. The van der Waals surface area contributed by atoms with Gasteiger partial charge in [0.2, 0.25) is 5.91 Å². The lowest BCUT2D eigenvalue weighted by Gasteiger charge is -2.41. The molecule has 0 aliphatic carbocycles. The number of hydrogen-bond acceptors (Lipinski definition) is 10. The Hall–Kier alpha value is -2.64. The van der Waals surface area contributed by atoms with Gasteiger partial charge >= 0.3 is 5.97 Å². The standard InChI is InChI=1S/C72H131NO10/c1-4-7-10-13-16-19-22-25-27-29-31-33-35-37-39-42-45-48-51-54-57-60-67(77)83-70-69(79)68(78)66(61-74)82-72(70)81-62-63(64(75)58-55-52-49-46-43-40-24-21-18-15-12-9-6-3)73-71(80)65(76)59-56-53-50-47-44-41-38-36-34-32-30-28-26-23-20-17-14-11-8-5-2/h16-17,19-20,25-28,55,58,63-66,68-70,72,74-76,78-79H,4-15,18,21-24,29-54,56-57,59-62H2,1-3H3,(H,73,80)/b19-16-,20-17-,27-25-,28-26-,58-55+. The van der Waals surface area contributed by atoms with Crippen molar-refractivity contribution in [2.45, 2.75) is 372 Å². The summed E-state index contributed by atoms with van der Waals surface area (Å²) in [6, 6.07) is -1.03. The van der Waals surface area contributed by atoms with Gasteiger partial charge < -0.3 is 45.1 Å². The van der Waals surface area contributed by atoms with Crippen LogP contribution in [0.25, 0.3) is 0 Å². The number of hydrogen-bond donors (Lipinski definition) is 6. The summed E-state index contributed by atoms with van der Waals surface area (Å²) in [5.74, 6) is -1.19. The van der Waals surface area contributed by atoms with Crippen molar-refractivity contribution in [1.29, 1.82) is 0 Å². The minimum atomic E-state index is -1.62. The quantitative estimate of drug-likeness (QED) is 0.0195. The number of esters is 1. The molecule has 8 atom stereocenters. The van der Waals surface area contributed by atoms with Crippen LogP contribution < -0.4 is 5.32 Å². The van der Waals surface area contributed by atoms with E-state index in [1.54, 1.807) is 6.08 Å². The first kappa shape index (κ1) is 78.4. The number of nitrogens with one attached hydrogen (secondary N) is 1. The molecule has 1 saturated heterocycles. The molecule has 1 aliphatic heterocycles. The topological polar surface area (TPSA) is 175 Å². The third-order valence-corrected chi connectivity index (χ3v) is 16.4. The number of allylic oxidation sites excluding steroid dienone is 9. The fourth-order valence-electron chi connectivity index (χ4n) is 10.8. The van der Waals surface area contributed by atoms with Crippen molar-refractivity contribution in [1.82, 2.24) is 5.32 Å². The van der Waals surface area contributed by atoms with Gasteiger partial charge in [0.25, 0.3) is 0 Å². The Balaban J connectivity index is 2.61. The molecule has 1 heterocycles. The maximum absolute atomic E-state index is 13.5. The van der Waals surface area contributed by atoms with Crippen LogP contribution in [-0.4, -0.2) is 99.6 Å². The van der Waals surface area contributed by atoms with Crippen molar-refractivity contribution in [2.75, 3.05) is 13.2 Å². The first-order valence-corrected chi connectivity index (χ1v) is 35.1. The molecule has 484 valence electrons. The molecule has 83 heavy (non-hydrogen) atoms. The lowest BCUT2D eigenvalue weighted by atomic mass is 9.99. The van der Waals surface area contributed by atoms with E-state index in [1.807, 2.05) is 6.08 Å². The third-order valence-electron chi connectivity index (χ3n) is 16.4. The molecule has 0 bridgehead atoms. The zero-order valence-corrected chi connectivity index (χ0v) is 53.8. The fraction of sp³-hybridized carbons (Fsp3) is 0.833. The number of rotatable bonds is 60. The van der Waals surface area contributed by atoms with Gasteiger partial charge in [-0.3, -0.25) is 9.59 Å². The van der Waals surface area contributed by atoms with E-state index in [0.717, 1.165) is 77.0 Å². The number of carbonyl (C=O) groups is 2. The van der Waals surface area contributed by atoms with Crippen LogP contribution >= 0.6 is 0 Å². The summed E-state index contributed by atoms with van der Waals surface area (Å²) in [6.07, 6.45) is 65.3. The molecule has 0 spiro atoms. The number of aliphatic hydroxyl groups is 5. The van der Waals surface area contributed by atoms with E-state index in [0.29, 0.717) is 12.8 Å². The second-order valence-electron chi connectivity index (χ2n) is 24.3. The van der Waals surface area contributed by atoms with Crippen LogP contribution in [0.5, 0.6) is 0 Å². The highest BCUT2D eigenvalue weighted by Gasteiger charge is 2.47. The van der Waals surface area contributed by atoms with Crippen LogP contribution in [0.15, 0.2) is 60.8 Å². The van der Waals surface area contributed by atoms with Crippen LogP contribution in [0.2, 0.25) is 0 Å². The summed E-state index contributed by atoms with van der Waals surface area (Å²) in [7, 11) is 0. The van der Waals surface area contributed by atoms with Crippen molar-refractivity contribution in [3.8, 4) is 0 Å². The zero-order chi connectivity index (χ0) is 60.3. The molecule has 0 saturated carbocycles. The Morgan fingerprint density at radius 1 is 0.470 bits per heavy atom. The first-order chi connectivity index (χ1) is 40.7. The van der Waals surface area contributed by atoms with Gasteiger partial charge in [0.05, 0.1) is 25.4 Å². The normalized spacial score (nSPS) is 18.9. The number of ether oxygens (including phenoxy) is 3. The Bertz CT molecular complexity index is 1580. The van der Waals surface area contributed by atoms with E-state index in [9.17, 15) is 35.1 Å². The zero-order valence-electron chi connectivity index (χ0n) is 53.8. The van der Waals surface area contributed by atoms with Gasteiger partial charge in [-0.2, -0.15) is 0 Å². The van der Waals surface area contributed by atoms with E-state index < -0.39 is 67.4 Å². The molecule has 11 heteroatoms. The molecule has 1 aliphatic rings. The molecule has 6 N–H and O–H groups in total. The van der Waals surface area contributed by atoms with Gasteiger partial charge in [0, 0.05) is 6.42 Å². The summed E-state index contributed by atoms with van der Waals surface area (Å²) in [5, 5.41) is 57.2. The highest BCUT2D eigenvalue weighted by atomic mass is 16.7. The Morgan fingerprint density at radius 2 is 0.831 bits per heavy atom. The molecule has 1 amide bonds. The maximum Gasteiger partial charge on any atom is 0.306 e. The second-order valence-corrected chi connectivity index (χ2v) is 24.3. The van der Waals surface area contributed by atoms with Crippen molar-refractivity contribution >= 4 is 11.9 Å². The van der Waals surface area contributed by atoms with Gasteiger partial charge in [-0.1, -0.05) is 287 Å². The van der Waals surface area contributed by atoms with Crippen LogP contribution in [0.1, 0.15) is 323 Å². The summed E-state index contributed by atoms with van der Waals surface area (Å²) in [5.41, 5.74) is 0. The predicted molar refractivity (Wildman–Crippen MR) is 347 cm³/mol. The number of unbranched alkanes of at least 4 members (excludes halogenated alkanes) is 38. The summed E-state index contributed by atoms with van der Waals surface area (Å²) in [6.45, 7) is 5.78. The van der Waals surface area contributed by atoms with E-state index in [-0.39, 0.29) is 19.4 Å². The monoisotopic (exact) mass is 1170 g/mol. The van der Waals surface area contributed by atoms with Gasteiger partial charge in [0.1, 0.15) is 24.4 Å². The number of amides is 1. The highest BCUT2D eigenvalue weighted by Crippen LogP contribution is 2.26. The van der Waals surface area contributed by atoms with E-state index in [4.69, 9.17) is 14.2 Å². The van der Waals surface area contributed by atoms with Crippen LogP contribution in [0, 0.1) is 0 Å². The molecular weight excluding hydrogens is 1040 g/mol. The van der Waals surface area contributed by atoms with Crippen molar-refractivity contribution in [3.63, 3.8) is 0 Å². The SMILES string of the molecule is CCCCC/C=C\C/C=C\CCCCCCCCCCCCCC(=O)OC1C(OCC(NC(=O)C(O)CCCCCCCCCCCC/C=C\C/C=C\CCCCC)C(O)/C=C/CCCCCCCCCCCCC)OC(CO)C(O)C1O. The lowest BCUT2D eigenvalue weighted by Crippen LogP contribution is -2.61. The highest BCUT2D eigenvalue weighted by molar-refractivity contribution is 5.80. The second kappa shape index (κ2) is 59.7. The smallest absolute Gasteiger partial charge is 0.306 e. The largest absolute Gasteiger partial charge is 0.454 e. The van der Waals surface area contributed by atoms with Crippen molar-refractivity contribution in [2.24, 2.45) is 0 Å². The summed E-state index contributed by atoms with van der Waals surface area (Å²) in [4.78, 5) is 26.7.